The highest BCUT2D eigenvalue weighted by atomic mass is 32.1. The van der Waals surface area contributed by atoms with E-state index in [1.54, 1.807) is 6.20 Å². The second kappa shape index (κ2) is 3.78. The molecule has 5 heteroatoms. The van der Waals surface area contributed by atoms with Crippen molar-refractivity contribution in [3.05, 3.63) is 35.0 Å². The summed E-state index contributed by atoms with van der Waals surface area (Å²) in [5.41, 5.74) is 1.79. The number of pyridine rings is 1. The van der Waals surface area contributed by atoms with Gasteiger partial charge in [0.05, 0.1) is 11.9 Å². The van der Waals surface area contributed by atoms with Crippen LogP contribution in [0, 0.1) is 6.92 Å². The maximum absolute atomic E-state index is 10.7. The Balaban J connectivity index is 2.41. The number of aromatic nitrogens is 2. The molecule has 0 radical (unpaired) electrons. The maximum atomic E-state index is 10.7. The Kier molecular flexibility index (Phi) is 2.47. The second-order valence-corrected chi connectivity index (χ2v) is 4.08. The van der Waals surface area contributed by atoms with Gasteiger partial charge in [-0.15, -0.1) is 11.3 Å². The average molecular weight is 220 g/mol. The van der Waals surface area contributed by atoms with Gasteiger partial charge in [-0.25, -0.2) is 9.78 Å². The molecule has 0 aromatic carbocycles. The molecule has 2 aromatic rings. The maximum Gasteiger partial charge on any atom is 0.347 e. The third-order valence-electron chi connectivity index (χ3n) is 1.85. The first-order chi connectivity index (χ1) is 7.16. The van der Waals surface area contributed by atoms with Crippen LogP contribution in [-0.2, 0) is 0 Å². The van der Waals surface area contributed by atoms with E-state index in [-0.39, 0.29) is 4.88 Å². The van der Waals surface area contributed by atoms with E-state index in [0.717, 1.165) is 16.9 Å². The lowest BCUT2D eigenvalue weighted by Crippen LogP contribution is -1.89. The fraction of sp³-hybridized carbons (Fsp3) is 0.100. The van der Waals surface area contributed by atoms with Gasteiger partial charge >= 0.3 is 5.97 Å². The summed E-state index contributed by atoms with van der Waals surface area (Å²) in [7, 11) is 0. The van der Waals surface area contributed by atoms with Gasteiger partial charge in [-0.1, -0.05) is 0 Å². The second-order valence-electron chi connectivity index (χ2n) is 3.05. The number of hydrogen-bond donors (Lipinski definition) is 1. The van der Waals surface area contributed by atoms with E-state index in [9.17, 15) is 4.79 Å². The molecule has 0 amide bonds. The van der Waals surface area contributed by atoms with E-state index in [2.05, 4.69) is 9.97 Å². The van der Waals surface area contributed by atoms with Gasteiger partial charge in [-0.3, -0.25) is 4.98 Å². The van der Waals surface area contributed by atoms with E-state index in [4.69, 9.17) is 5.11 Å². The summed E-state index contributed by atoms with van der Waals surface area (Å²) in [5, 5.41) is 9.38. The Labute approximate surface area is 90.3 Å². The molecule has 15 heavy (non-hydrogen) atoms. The zero-order chi connectivity index (χ0) is 10.8. The van der Waals surface area contributed by atoms with Crippen LogP contribution in [0.3, 0.4) is 0 Å². The molecule has 1 N–H and O–H groups in total. The molecule has 2 aromatic heterocycles. The van der Waals surface area contributed by atoms with Crippen LogP contribution < -0.4 is 0 Å². The van der Waals surface area contributed by atoms with E-state index in [1.807, 2.05) is 19.1 Å². The van der Waals surface area contributed by atoms with Crippen LogP contribution in [0.15, 0.2) is 24.5 Å². The number of aromatic carboxylic acids is 1. The highest BCUT2D eigenvalue weighted by Crippen LogP contribution is 2.23. The monoisotopic (exact) mass is 220 g/mol. The van der Waals surface area contributed by atoms with Gasteiger partial charge in [0.2, 0.25) is 0 Å². The lowest BCUT2D eigenvalue weighted by atomic mass is 10.2. The molecule has 2 rings (SSSR count). The first-order valence-corrected chi connectivity index (χ1v) is 5.10. The number of hydrogen-bond acceptors (Lipinski definition) is 4. The van der Waals surface area contributed by atoms with Gasteiger partial charge in [-0.05, 0) is 24.6 Å². The number of nitrogens with zero attached hydrogens (tertiary/aromatic N) is 2. The molecule has 0 fully saturated rings. The van der Waals surface area contributed by atoms with Gasteiger partial charge < -0.3 is 5.11 Å². The molecule has 0 unspecified atom stereocenters. The van der Waals surface area contributed by atoms with Crippen LogP contribution in [0.2, 0.25) is 0 Å². The van der Waals surface area contributed by atoms with Crippen molar-refractivity contribution in [2.24, 2.45) is 0 Å². The summed E-state index contributed by atoms with van der Waals surface area (Å²) in [5.74, 6) is -0.952. The standard InChI is InChI=1S/C10H8N2O2S/c1-6-2-3-11-7(4-6)9-12-5-8(15-9)10(13)14/h2-5H,1H3,(H,13,14). The minimum Gasteiger partial charge on any atom is -0.477 e. The first-order valence-electron chi connectivity index (χ1n) is 4.29. The lowest BCUT2D eigenvalue weighted by molar-refractivity contribution is 0.0702. The molecule has 0 aliphatic rings. The molecule has 0 saturated heterocycles. The Morgan fingerprint density at radius 2 is 2.27 bits per heavy atom. The Hall–Kier alpha value is -1.75. The van der Waals surface area contributed by atoms with Gasteiger partial charge in [0.1, 0.15) is 9.88 Å². The highest BCUT2D eigenvalue weighted by Gasteiger charge is 2.10. The van der Waals surface area contributed by atoms with Crippen LogP contribution >= 0.6 is 11.3 Å². The topological polar surface area (TPSA) is 63.1 Å². The zero-order valence-corrected chi connectivity index (χ0v) is 8.78. The summed E-state index contributed by atoms with van der Waals surface area (Å²) in [4.78, 5) is 19.1. The molecular formula is C10H8N2O2S. The molecule has 0 aliphatic heterocycles. The number of aryl methyl sites for hydroxylation is 1. The van der Waals surface area contributed by atoms with Gasteiger partial charge in [0, 0.05) is 6.20 Å². The van der Waals surface area contributed by atoms with Crippen molar-refractivity contribution in [2.45, 2.75) is 6.92 Å². The average Bonchev–Trinajstić information content (AvgIpc) is 2.66. The minimum atomic E-state index is -0.952. The minimum absolute atomic E-state index is 0.230. The van der Waals surface area contributed by atoms with Gasteiger partial charge in [-0.2, -0.15) is 0 Å². The van der Waals surface area contributed by atoms with Crippen molar-refractivity contribution in [2.75, 3.05) is 0 Å². The molecule has 2 heterocycles. The first kappa shape index (κ1) is 9.79. The molecule has 0 bridgehead atoms. The van der Waals surface area contributed by atoms with E-state index >= 15 is 0 Å². The predicted molar refractivity (Wildman–Crippen MR) is 57.0 cm³/mol. The largest absolute Gasteiger partial charge is 0.477 e. The van der Waals surface area contributed by atoms with Crippen molar-refractivity contribution < 1.29 is 9.90 Å². The number of thiazole rings is 1. The summed E-state index contributed by atoms with van der Waals surface area (Å²) < 4.78 is 0. The van der Waals surface area contributed by atoms with Crippen LogP contribution in [0.1, 0.15) is 15.2 Å². The van der Waals surface area contributed by atoms with Crippen LogP contribution in [0.5, 0.6) is 0 Å². The van der Waals surface area contributed by atoms with E-state index in [1.165, 1.54) is 6.20 Å². The molecule has 4 nitrogen and oxygen atoms in total. The van der Waals surface area contributed by atoms with Crippen molar-refractivity contribution in [1.82, 2.24) is 9.97 Å². The molecule has 0 saturated carbocycles. The van der Waals surface area contributed by atoms with Crippen molar-refractivity contribution in [3.63, 3.8) is 0 Å². The fourth-order valence-electron chi connectivity index (χ4n) is 1.14. The molecular weight excluding hydrogens is 212 g/mol. The number of carboxylic acids is 1. The zero-order valence-electron chi connectivity index (χ0n) is 7.97. The smallest absolute Gasteiger partial charge is 0.347 e. The molecule has 0 spiro atoms. The summed E-state index contributed by atoms with van der Waals surface area (Å²) in [6, 6.07) is 3.76. The normalized spacial score (nSPS) is 10.2. The Morgan fingerprint density at radius 1 is 1.47 bits per heavy atom. The summed E-state index contributed by atoms with van der Waals surface area (Å²) in [6.45, 7) is 1.96. The third kappa shape index (κ3) is 2.02. The van der Waals surface area contributed by atoms with Gasteiger partial charge in [0.15, 0.2) is 0 Å². The Bertz CT molecular complexity index is 508. The predicted octanol–water partition coefficient (Wildman–Crippen LogP) is 2.21. The van der Waals surface area contributed by atoms with E-state index < -0.39 is 5.97 Å². The van der Waals surface area contributed by atoms with Crippen molar-refractivity contribution in [3.8, 4) is 10.7 Å². The number of rotatable bonds is 2. The van der Waals surface area contributed by atoms with E-state index in [0.29, 0.717) is 10.7 Å². The summed E-state index contributed by atoms with van der Waals surface area (Å²) >= 11 is 1.13. The van der Waals surface area contributed by atoms with Crippen molar-refractivity contribution >= 4 is 17.3 Å². The van der Waals surface area contributed by atoms with Crippen LogP contribution in [0.25, 0.3) is 10.7 Å². The number of carboxylic acid groups (broad SMARTS) is 1. The van der Waals surface area contributed by atoms with Crippen LogP contribution in [0.4, 0.5) is 0 Å². The Morgan fingerprint density at radius 3 is 2.87 bits per heavy atom. The SMILES string of the molecule is Cc1ccnc(-c2ncc(C(=O)O)s2)c1. The molecule has 0 aliphatic carbocycles. The highest BCUT2D eigenvalue weighted by molar-refractivity contribution is 7.16. The van der Waals surface area contributed by atoms with Gasteiger partial charge in [0.25, 0.3) is 0 Å². The summed E-state index contributed by atoms with van der Waals surface area (Å²) in [6.07, 6.45) is 3.04. The van der Waals surface area contributed by atoms with Crippen molar-refractivity contribution in [1.29, 1.82) is 0 Å². The van der Waals surface area contributed by atoms with Crippen LogP contribution in [-0.4, -0.2) is 21.0 Å². The molecule has 0 atom stereocenters. The fourth-order valence-corrected chi connectivity index (χ4v) is 1.87. The third-order valence-corrected chi connectivity index (χ3v) is 2.86. The number of carbonyl (C=O) groups is 1. The quantitative estimate of drug-likeness (QED) is 0.842. The lowest BCUT2D eigenvalue weighted by Gasteiger charge is -1.95. The molecule has 76 valence electrons.